The molecule has 0 aromatic rings. The van der Waals surface area contributed by atoms with E-state index in [9.17, 15) is 24.0 Å². The largest absolute Gasteiger partial charge is 0.462 e. The molecule has 3 rings (SSSR count). The van der Waals surface area contributed by atoms with Crippen LogP contribution in [0.2, 0.25) is 0 Å². The van der Waals surface area contributed by atoms with Crippen molar-refractivity contribution in [3.05, 3.63) is 11.6 Å². The summed E-state index contributed by atoms with van der Waals surface area (Å²) < 4.78 is 42.4. The quantitative estimate of drug-likeness (QED) is 0.162. The van der Waals surface area contributed by atoms with E-state index in [2.05, 4.69) is 5.32 Å². The second kappa shape index (κ2) is 17.8. The van der Waals surface area contributed by atoms with Crippen molar-refractivity contribution in [2.45, 2.75) is 149 Å². The Kier molecular flexibility index (Phi) is 14.9. The average Bonchev–Trinajstić information content (AvgIpc) is 3.05. The molecule has 2 bridgehead atoms. The van der Waals surface area contributed by atoms with Crippen LogP contribution in [0.3, 0.4) is 0 Å². The van der Waals surface area contributed by atoms with Gasteiger partial charge in [-0.3, -0.25) is 19.2 Å². The summed E-state index contributed by atoms with van der Waals surface area (Å²) in [4.78, 5) is 67.3. The van der Waals surface area contributed by atoms with E-state index in [0.29, 0.717) is 25.7 Å². The predicted octanol–water partition coefficient (Wildman–Crippen LogP) is 4.36. The van der Waals surface area contributed by atoms with E-state index in [0.717, 1.165) is 5.57 Å². The molecule has 0 aromatic heterocycles. The topological polar surface area (TPSA) is 165 Å². The van der Waals surface area contributed by atoms with Crippen molar-refractivity contribution in [1.29, 1.82) is 0 Å². The van der Waals surface area contributed by atoms with Gasteiger partial charge in [0.15, 0.2) is 18.2 Å². The number of ketones is 1. The second-order valence-electron chi connectivity index (χ2n) is 15.5. The first kappa shape index (κ1) is 43.3. The monoisotopic (exact) mass is 738 g/mol. The zero-order chi connectivity index (χ0) is 39.3. The first-order valence-electron chi connectivity index (χ1n) is 18.4. The third-order valence-electron chi connectivity index (χ3n) is 11.2. The first-order chi connectivity index (χ1) is 24.2. The number of amides is 1. The lowest BCUT2D eigenvalue weighted by molar-refractivity contribution is -0.298. The molecule has 1 N–H and O–H groups in total. The summed E-state index contributed by atoms with van der Waals surface area (Å²) in [6.45, 7) is 17.1. The van der Waals surface area contributed by atoms with E-state index in [1.165, 1.54) is 27.9 Å². The maximum atomic E-state index is 14.4. The molecule has 0 spiro atoms. The Hall–Kier alpha value is -3.07. The molecule has 1 unspecified atom stereocenters. The van der Waals surface area contributed by atoms with Crippen LogP contribution in [-0.4, -0.2) is 116 Å². The molecule has 3 aliphatic rings. The minimum absolute atomic E-state index is 0.00278. The lowest BCUT2D eigenvalue weighted by atomic mass is 9.73. The number of carbonyl (C=O) groups is 5. The van der Waals surface area contributed by atoms with E-state index in [1.807, 2.05) is 59.7 Å². The van der Waals surface area contributed by atoms with E-state index in [1.54, 1.807) is 13.8 Å². The molecule has 296 valence electrons. The predicted molar refractivity (Wildman–Crippen MR) is 190 cm³/mol. The van der Waals surface area contributed by atoms with Crippen LogP contribution in [0, 0.1) is 23.7 Å². The molecule has 14 nitrogen and oxygen atoms in total. The van der Waals surface area contributed by atoms with Gasteiger partial charge in [-0.05, 0) is 79.0 Å². The number of Topliss-reactive ketones (excluding diaryl/α,β-unsaturated/α-hetero) is 1. The summed E-state index contributed by atoms with van der Waals surface area (Å²) in [6.07, 6.45) is -1.37. The lowest BCUT2D eigenvalue weighted by Crippen LogP contribution is -2.60. The zero-order valence-electron chi connectivity index (χ0n) is 33.3. The van der Waals surface area contributed by atoms with Crippen molar-refractivity contribution >= 4 is 29.8 Å². The molecule has 13 atom stereocenters. The van der Waals surface area contributed by atoms with Crippen molar-refractivity contribution in [2.24, 2.45) is 23.7 Å². The molecule has 52 heavy (non-hydrogen) atoms. The third kappa shape index (κ3) is 10.1. The van der Waals surface area contributed by atoms with Gasteiger partial charge in [0.05, 0.1) is 23.9 Å². The molecule has 0 saturated carbocycles. The van der Waals surface area contributed by atoms with Crippen LogP contribution in [0.15, 0.2) is 11.6 Å². The summed E-state index contributed by atoms with van der Waals surface area (Å²) >= 11 is 0. The maximum Gasteiger partial charge on any atom is 0.408 e. The van der Waals surface area contributed by atoms with Gasteiger partial charge >= 0.3 is 24.0 Å². The SMILES string of the molecule is CC[C@H]1OC(=O)[C@H](C)C(=O)[C@H](C)[C@@H](O[C@@H]2O[C@H](C)C[C@H](N(C)C)[C@H]2OC(C)=O)[C@](C)(OC)C[C@@H](C)/C(=C\COC(C)=O)[C@H](C)C2C[C@]1(C)OC(=O)N2. The standard InChI is InChI=1S/C38H62N2O12/c1-14-30-37(9)19-28(39-36(45)52-37)22(4)27(15-16-47-25(7)41)20(2)18-38(10,46-13)33(23(5)31(43)24(6)34(44)50-30)51-35-32(49-26(8)42)29(40(11)12)17-21(3)48-35/h15,20-24,28-30,32-33,35H,14,16-19H2,1-13H3,(H,39,45)/b27-15+/t20-,21-,22+,23+,24-,28?,29+,30-,32-,33-,35+,37+,38-/m1/s1. The van der Waals surface area contributed by atoms with Crippen LogP contribution in [-0.2, 0) is 52.3 Å². The van der Waals surface area contributed by atoms with Crippen molar-refractivity contribution in [1.82, 2.24) is 10.2 Å². The molecular weight excluding hydrogens is 676 g/mol. The molecule has 1 amide bonds. The summed E-state index contributed by atoms with van der Waals surface area (Å²) in [7, 11) is 5.31. The van der Waals surface area contributed by atoms with Gasteiger partial charge in [-0.25, -0.2) is 4.79 Å². The number of ether oxygens (including phenoxy) is 7. The van der Waals surface area contributed by atoms with Crippen molar-refractivity contribution < 1.29 is 57.1 Å². The average molecular weight is 739 g/mol. The van der Waals surface area contributed by atoms with E-state index in [-0.39, 0.29) is 30.6 Å². The van der Waals surface area contributed by atoms with Crippen LogP contribution in [0.4, 0.5) is 4.79 Å². The Labute approximate surface area is 308 Å². The van der Waals surface area contributed by atoms with Gasteiger partial charge in [0, 0.05) is 39.3 Å². The van der Waals surface area contributed by atoms with Crippen LogP contribution in [0.1, 0.15) is 94.9 Å². The number of alkyl carbamates (subject to hydrolysis) is 1. The highest BCUT2D eigenvalue weighted by Gasteiger charge is 2.52. The highest BCUT2D eigenvalue weighted by atomic mass is 16.7. The lowest BCUT2D eigenvalue weighted by Gasteiger charge is -2.47. The van der Waals surface area contributed by atoms with Crippen LogP contribution in [0.25, 0.3) is 0 Å². The molecule has 3 saturated heterocycles. The summed E-state index contributed by atoms with van der Waals surface area (Å²) in [5, 5.41) is 2.96. The van der Waals surface area contributed by atoms with E-state index < -0.39 is 83.5 Å². The highest BCUT2D eigenvalue weighted by Crippen LogP contribution is 2.42. The number of likely N-dealkylation sites (N-methyl/N-ethyl adjacent to an activating group) is 1. The Bertz CT molecular complexity index is 1340. The van der Waals surface area contributed by atoms with Gasteiger partial charge in [0.25, 0.3) is 0 Å². The number of nitrogens with one attached hydrogen (secondary N) is 1. The second-order valence-corrected chi connectivity index (χ2v) is 15.5. The fourth-order valence-electron chi connectivity index (χ4n) is 8.22. The number of methoxy groups -OCH3 is 1. The zero-order valence-corrected chi connectivity index (χ0v) is 33.3. The minimum atomic E-state index is -1.21. The van der Waals surface area contributed by atoms with Gasteiger partial charge in [0.1, 0.15) is 24.2 Å². The van der Waals surface area contributed by atoms with Crippen LogP contribution < -0.4 is 5.32 Å². The van der Waals surface area contributed by atoms with E-state index in [4.69, 9.17) is 33.2 Å². The number of hydrogen-bond donors (Lipinski definition) is 1. The van der Waals surface area contributed by atoms with Gasteiger partial charge in [-0.1, -0.05) is 33.3 Å². The van der Waals surface area contributed by atoms with E-state index >= 15 is 0 Å². The Morgan fingerprint density at radius 3 is 2.21 bits per heavy atom. The summed E-state index contributed by atoms with van der Waals surface area (Å²) in [5.41, 5.74) is -1.52. The summed E-state index contributed by atoms with van der Waals surface area (Å²) in [5.74, 6) is -4.87. The molecule has 3 fully saturated rings. The molecule has 3 aliphatic heterocycles. The Morgan fingerprint density at radius 1 is 1.00 bits per heavy atom. The van der Waals surface area contributed by atoms with Crippen molar-refractivity contribution in [3.8, 4) is 0 Å². The normalized spacial score (nSPS) is 40.2. The number of carbonyl (C=O) groups excluding carboxylic acids is 5. The molecule has 0 radical (unpaired) electrons. The van der Waals surface area contributed by atoms with Gasteiger partial charge < -0.3 is 43.4 Å². The number of nitrogens with zero attached hydrogens (tertiary/aromatic N) is 1. The number of hydrogen-bond acceptors (Lipinski definition) is 13. The number of cyclic esters (lactones) is 1. The Morgan fingerprint density at radius 2 is 1.65 bits per heavy atom. The summed E-state index contributed by atoms with van der Waals surface area (Å²) in [6, 6.07) is -0.702. The molecular formula is C38H62N2O12. The van der Waals surface area contributed by atoms with Crippen LogP contribution in [0.5, 0.6) is 0 Å². The van der Waals surface area contributed by atoms with Crippen LogP contribution >= 0.6 is 0 Å². The maximum absolute atomic E-state index is 14.4. The Balaban J connectivity index is 2.22. The third-order valence-corrected chi connectivity index (χ3v) is 11.2. The molecule has 3 heterocycles. The highest BCUT2D eigenvalue weighted by molar-refractivity contribution is 6.00. The fraction of sp³-hybridized carbons (Fsp3) is 0.816. The first-order valence-corrected chi connectivity index (χ1v) is 18.4. The smallest absolute Gasteiger partial charge is 0.408 e. The molecule has 0 aromatic carbocycles. The van der Waals surface area contributed by atoms with Gasteiger partial charge in [-0.2, -0.15) is 0 Å². The minimum Gasteiger partial charge on any atom is -0.462 e. The molecule has 0 aliphatic carbocycles. The van der Waals surface area contributed by atoms with Crippen molar-refractivity contribution in [2.75, 3.05) is 27.8 Å². The number of esters is 3. The van der Waals surface area contributed by atoms with Crippen molar-refractivity contribution in [3.63, 3.8) is 0 Å². The molecule has 14 heteroatoms. The number of fused-ring (bicyclic) bond motifs is 2. The van der Waals surface area contributed by atoms with Gasteiger partial charge in [-0.15, -0.1) is 0 Å². The number of rotatable bonds is 8. The van der Waals surface area contributed by atoms with Gasteiger partial charge in [0.2, 0.25) is 0 Å². The fourth-order valence-corrected chi connectivity index (χ4v) is 8.22.